The number of hydrogen-bond donors (Lipinski definition) is 1. The summed E-state index contributed by atoms with van der Waals surface area (Å²) in [6.45, 7) is 0. The molecular formula is C13H13N3O5. The number of carboxylic acids is 1. The van der Waals surface area contributed by atoms with Gasteiger partial charge in [-0.15, -0.1) is 0 Å². The molecular weight excluding hydrogens is 278 g/mol. The van der Waals surface area contributed by atoms with Crippen LogP contribution in [0.1, 0.15) is 25.2 Å². The van der Waals surface area contributed by atoms with Crippen molar-refractivity contribution >= 4 is 11.7 Å². The second kappa shape index (κ2) is 6.60. The van der Waals surface area contributed by atoms with Crippen LogP contribution in [-0.2, 0) is 11.2 Å². The fourth-order valence-corrected chi connectivity index (χ4v) is 1.84. The Hall–Kier alpha value is -2.77. The molecule has 8 heteroatoms. The largest absolute Gasteiger partial charge is 0.481 e. The molecule has 0 aliphatic carbocycles. The minimum absolute atomic E-state index is 0.0873. The van der Waals surface area contributed by atoms with Crippen LogP contribution in [0.2, 0.25) is 0 Å². The monoisotopic (exact) mass is 291 g/mol. The average Bonchev–Trinajstić information content (AvgIpc) is 2.92. The SMILES string of the molecule is O=C(O)CCCCc1nc(-c2ccccc2[N+](=O)[O-])no1. The molecule has 0 atom stereocenters. The number of unbranched alkanes of at least 4 members (excludes halogenated alkanes) is 1. The maximum atomic E-state index is 10.9. The number of carboxylic acid groups (broad SMARTS) is 1. The minimum atomic E-state index is -0.846. The topological polar surface area (TPSA) is 119 Å². The third-order valence-electron chi connectivity index (χ3n) is 2.84. The summed E-state index contributed by atoms with van der Waals surface area (Å²) in [6.07, 6.45) is 1.65. The van der Waals surface area contributed by atoms with Gasteiger partial charge in [0.05, 0.1) is 4.92 Å². The molecule has 2 aromatic rings. The maximum Gasteiger partial charge on any atom is 0.303 e. The van der Waals surface area contributed by atoms with Crippen LogP contribution >= 0.6 is 0 Å². The van der Waals surface area contributed by atoms with Gasteiger partial charge in [-0.25, -0.2) is 0 Å². The molecule has 0 amide bonds. The predicted octanol–water partition coefficient (Wildman–Crippen LogP) is 2.44. The van der Waals surface area contributed by atoms with Crippen LogP contribution in [0.15, 0.2) is 28.8 Å². The first-order chi connectivity index (χ1) is 10.1. The van der Waals surface area contributed by atoms with Gasteiger partial charge in [0, 0.05) is 18.9 Å². The molecule has 110 valence electrons. The van der Waals surface area contributed by atoms with Crippen molar-refractivity contribution in [2.75, 3.05) is 0 Å². The van der Waals surface area contributed by atoms with E-state index in [2.05, 4.69) is 10.1 Å². The summed E-state index contributed by atoms with van der Waals surface area (Å²) < 4.78 is 5.03. The summed E-state index contributed by atoms with van der Waals surface area (Å²) in [7, 11) is 0. The smallest absolute Gasteiger partial charge is 0.303 e. The number of nitro groups is 1. The Bertz CT molecular complexity index is 653. The summed E-state index contributed by atoms with van der Waals surface area (Å²) in [5.41, 5.74) is 0.207. The Labute approximate surface area is 119 Å². The van der Waals surface area contributed by atoms with E-state index >= 15 is 0 Å². The fraction of sp³-hybridized carbons (Fsp3) is 0.308. The van der Waals surface area contributed by atoms with Gasteiger partial charge >= 0.3 is 5.97 Å². The molecule has 8 nitrogen and oxygen atoms in total. The number of aryl methyl sites for hydroxylation is 1. The number of nitrogens with zero attached hydrogens (tertiary/aromatic N) is 3. The van der Waals surface area contributed by atoms with Gasteiger partial charge in [-0.1, -0.05) is 17.3 Å². The zero-order chi connectivity index (χ0) is 15.2. The molecule has 1 heterocycles. The summed E-state index contributed by atoms with van der Waals surface area (Å²) in [5, 5.41) is 23.2. The number of nitro benzene ring substituents is 1. The van der Waals surface area contributed by atoms with E-state index in [0.29, 0.717) is 30.7 Å². The van der Waals surface area contributed by atoms with Crippen LogP contribution in [0.5, 0.6) is 0 Å². The fourth-order valence-electron chi connectivity index (χ4n) is 1.84. The van der Waals surface area contributed by atoms with Gasteiger partial charge < -0.3 is 9.63 Å². The highest BCUT2D eigenvalue weighted by molar-refractivity contribution is 5.67. The number of aromatic nitrogens is 2. The number of hydrogen-bond acceptors (Lipinski definition) is 6. The predicted molar refractivity (Wildman–Crippen MR) is 71.6 cm³/mol. The molecule has 0 saturated carbocycles. The second-order valence-corrected chi connectivity index (χ2v) is 4.39. The Morgan fingerprint density at radius 1 is 1.33 bits per heavy atom. The van der Waals surface area contributed by atoms with E-state index in [4.69, 9.17) is 9.63 Å². The van der Waals surface area contributed by atoms with E-state index < -0.39 is 10.9 Å². The lowest BCUT2D eigenvalue weighted by Gasteiger charge is -1.96. The molecule has 2 rings (SSSR count). The number of carbonyl (C=O) groups is 1. The highest BCUT2D eigenvalue weighted by Gasteiger charge is 2.18. The maximum absolute atomic E-state index is 10.9. The number of benzene rings is 1. The van der Waals surface area contributed by atoms with Gasteiger partial charge in [0.25, 0.3) is 5.69 Å². The van der Waals surface area contributed by atoms with Gasteiger partial charge in [0.1, 0.15) is 5.56 Å². The lowest BCUT2D eigenvalue weighted by atomic mass is 10.1. The number of para-hydroxylation sites is 1. The van der Waals surface area contributed by atoms with Crippen molar-refractivity contribution in [3.05, 3.63) is 40.3 Å². The average molecular weight is 291 g/mol. The van der Waals surface area contributed by atoms with Crippen molar-refractivity contribution in [1.82, 2.24) is 10.1 Å². The summed E-state index contributed by atoms with van der Waals surface area (Å²) >= 11 is 0. The van der Waals surface area contributed by atoms with Gasteiger partial charge in [0.2, 0.25) is 11.7 Å². The van der Waals surface area contributed by atoms with E-state index in [9.17, 15) is 14.9 Å². The molecule has 0 radical (unpaired) electrons. The molecule has 0 fully saturated rings. The molecule has 1 aromatic carbocycles. The van der Waals surface area contributed by atoms with Crippen molar-refractivity contribution in [2.24, 2.45) is 0 Å². The molecule has 0 saturated heterocycles. The van der Waals surface area contributed by atoms with Crippen LogP contribution in [0.4, 0.5) is 5.69 Å². The number of rotatable bonds is 7. The highest BCUT2D eigenvalue weighted by atomic mass is 16.6. The van der Waals surface area contributed by atoms with Gasteiger partial charge in [0.15, 0.2) is 0 Å². The summed E-state index contributed by atoms with van der Waals surface area (Å²) in [5.74, 6) is -0.342. The van der Waals surface area contributed by atoms with E-state index in [1.807, 2.05) is 0 Å². The lowest BCUT2D eigenvalue weighted by molar-refractivity contribution is -0.384. The first-order valence-corrected chi connectivity index (χ1v) is 6.36. The van der Waals surface area contributed by atoms with E-state index in [-0.39, 0.29) is 17.9 Å². The Morgan fingerprint density at radius 2 is 2.10 bits per heavy atom. The van der Waals surface area contributed by atoms with Crippen LogP contribution < -0.4 is 0 Å². The van der Waals surface area contributed by atoms with Gasteiger partial charge in [-0.2, -0.15) is 4.98 Å². The van der Waals surface area contributed by atoms with Crippen LogP contribution in [-0.4, -0.2) is 26.1 Å². The molecule has 0 unspecified atom stereocenters. The molecule has 0 aliphatic heterocycles. The highest BCUT2D eigenvalue weighted by Crippen LogP contribution is 2.27. The molecule has 1 aromatic heterocycles. The molecule has 0 spiro atoms. The van der Waals surface area contributed by atoms with Gasteiger partial charge in [-0.05, 0) is 18.9 Å². The first-order valence-electron chi connectivity index (χ1n) is 6.36. The minimum Gasteiger partial charge on any atom is -0.481 e. The number of aliphatic carboxylic acids is 1. The standard InChI is InChI=1S/C13H13N3O5/c17-12(18)8-4-3-7-11-14-13(15-21-11)9-5-1-2-6-10(9)16(19)20/h1-2,5-6H,3-4,7-8H2,(H,17,18). The summed E-state index contributed by atoms with van der Waals surface area (Å²) in [6, 6.07) is 6.15. The Balaban J connectivity index is 2.06. The van der Waals surface area contributed by atoms with Crippen LogP contribution in [0.3, 0.4) is 0 Å². The second-order valence-electron chi connectivity index (χ2n) is 4.39. The van der Waals surface area contributed by atoms with Crippen molar-refractivity contribution in [3.8, 4) is 11.4 Å². The van der Waals surface area contributed by atoms with E-state index in [1.165, 1.54) is 6.07 Å². The van der Waals surface area contributed by atoms with Crippen molar-refractivity contribution < 1.29 is 19.3 Å². The summed E-state index contributed by atoms with van der Waals surface area (Å²) in [4.78, 5) is 24.9. The third-order valence-corrected chi connectivity index (χ3v) is 2.84. The Kier molecular flexibility index (Phi) is 4.60. The Morgan fingerprint density at radius 3 is 2.81 bits per heavy atom. The molecule has 21 heavy (non-hydrogen) atoms. The van der Waals surface area contributed by atoms with Gasteiger partial charge in [-0.3, -0.25) is 14.9 Å². The van der Waals surface area contributed by atoms with E-state index in [1.54, 1.807) is 18.2 Å². The zero-order valence-corrected chi connectivity index (χ0v) is 11.1. The normalized spacial score (nSPS) is 10.5. The van der Waals surface area contributed by atoms with Crippen LogP contribution in [0.25, 0.3) is 11.4 Å². The third kappa shape index (κ3) is 3.85. The quantitative estimate of drug-likeness (QED) is 0.472. The van der Waals surface area contributed by atoms with Crippen LogP contribution in [0, 0.1) is 10.1 Å². The van der Waals surface area contributed by atoms with Crippen molar-refractivity contribution in [2.45, 2.75) is 25.7 Å². The molecule has 1 N–H and O–H groups in total. The zero-order valence-electron chi connectivity index (χ0n) is 11.1. The molecule has 0 aliphatic rings. The molecule has 0 bridgehead atoms. The van der Waals surface area contributed by atoms with Crippen molar-refractivity contribution in [3.63, 3.8) is 0 Å². The van der Waals surface area contributed by atoms with Crippen molar-refractivity contribution in [1.29, 1.82) is 0 Å². The lowest BCUT2D eigenvalue weighted by Crippen LogP contribution is -1.95. The first kappa shape index (κ1) is 14.6. The van der Waals surface area contributed by atoms with E-state index in [0.717, 1.165) is 0 Å².